The molecular formula is C52H34N8. The molecule has 8 heteroatoms. The quantitative estimate of drug-likeness (QED) is 0.132. The Bertz CT molecular complexity index is 3610. The van der Waals surface area contributed by atoms with E-state index in [0.717, 1.165) is 100 Å². The normalized spacial score (nSPS) is 12.0. The van der Waals surface area contributed by atoms with E-state index in [2.05, 4.69) is 221 Å². The van der Waals surface area contributed by atoms with E-state index in [4.69, 9.17) is 9.97 Å². The molecule has 0 atom stereocenters. The lowest BCUT2D eigenvalue weighted by molar-refractivity contribution is 1.04. The van der Waals surface area contributed by atoms with Crippen molar-refractivity contribution in [2.24, 2.45) is 0 Å². The van der Waals surface area contributed by atoms with Crippen LogP contribution in [-0.2, 0) is 0 Å². The summed E-state index contributed by atoms with van der Waals surface area (Å²) < 4.78 is 14.2. The SMILES string of the molecule is c1ccc(-n2c3ccccc3n3c4cc5c(nc4n(-c4ccccc4)c4cccc2c43)n(-c2ccccc2)c2cccc3c2n5c2cnccc2n3-c2ccccc2)cc1. The van der Waals surface area contributed by atoms with Crippen molar-refractivity contribution in [1.29, 1.82) is 0 Å². The van der Waals surface area contributed by atoms with Gasteiger partial charge in [0.1, 0.15) is 0 Å². The minimum Gasteiger partial charge on any atom is -0.306 e. The number of para-hydroxylation sites is 8. The first-order valence-corrected chi connectivity index (χ1v) is 20.2. The standard InChI is InChI=1S/C52H34N8/c1-5-17-35(18-6-1)55-39-25-13-14-26-40(39)59-46-33-47-52(54-51(46)57(37-21-9-3-10-22-37)44-29-15-27-42(55)49(44)59)58(38-23-11-4-12-24-38)45-30-16-28-43-50(45)60(47)48-34-53-32-31-41(48)56(43)36-19-7-2-8-20-36/h1-34H. The Hall–Kier alpha value is -8.36. The summed E-state index contributed by atoms with van der Waals surface area (Å²) in [6.45, 7) is 0. The van der Waals surface area contributed by atoms with Crippen LogP contribution in [0.25, 0.3) is 100 Å². The van der Waals surface area contributed by atoms with E-state index in [9.17, 15) is 0 Å². The first kappa shape index (κ1) is 32.7. The molecule has 0 amide bonds. The minimum absolute atomic E-state index is 0.823. The van der Waals surface area contributed by atoms with Gasteiger partial charge in [-0.05, 0) is 97.1 Å². The van der Waals surface area contributed by atoms with E-state index in [1.807, 2.05) is 12.4 Å². The number of pyridine rings is 2. The van der Waals surface area contributed by atoms with Gasteiger partial charge < -0.3 is 13.5 Å². The highest BCUT2D eigenvalue weighted by Crippen LogP contribution is 2.39. The topological polar surface area (TPSA) is 54.3 Å². The summed E-state index contributed by atoms with van der Waals surface area (Å²) >= 11 is 0. The second-order valence-electron chi connectivity index (χ2n) is 15.2. The number of nitrogens with zero attached hydrogens (tertiary/aromatic N) is 8. The Balaban J connectivity index is 1.34. The maximum atomic E-state index is 5.89. The fraction of sp³-hybridized carbons (Fsp3) is 0. The monoisotopic (exact) mass is 770 g/mol. The lowest BCUT2D eigenvalue weighted by Crippen LogP contribution is -2.15. The summed E-state index contributed by atoms with van der Waals surface area (Å²) in [4.78, 5) is 10.7. The molecule has 0 radical (unpaired) electrons. The second-order valence-corrected chi connectivity index (χ2v) is 15.2. The predicted molar refractivity (Wildman–Crippen MR) is 244 cm³/mol. The van der Waals surface area contributed by atoms with Crippen LogP contribution in [0.2, 0.25) is 0 Å². The van der Waals surface area contributed by atoms with Crippen LogP contribution < -0.4 is 0 Å². The molecule has 0 N–H and O–H groups in total. The number of hydrogen-bond acceptors (Lipinski definition) is 2. The predicted octanol–water partition coefficient (Wildman–Crippen LogP) is 12.2. The van der Waals surface area contributed by atoms with Gasteiger partial charge in [0.2, 0.25) is 0 Å². The highest BCUT2D eigenvalue weighted by molar-refractivity contribution is 6.08. The summed E-state index contributed by atoms with van der Waals surface area (Å²) in [5.41, 5.74) is 18.4. The van der Waals surface area contributed by atoms with Crippen LogP contribution in [0.15, 0.2) is 207 Å². The molecule has 0 spiro atoms. The van der Waals surface area contributed by atoms with Crippen molar-refractivity contribution in [2.45, 2.75) is 0 Å². The average molecular weight is 771 g/mol. The van der Waals surface area contributed by atoms with Crippen molar-refractivity contribution >= 4 is 77.5 Å². The van der Waals surface area contributed by atoms with Gasteiger partial charge in [0.05, 0.1) is 72.4 Å². The summed E-state index contributed by atoms with van der Waals surface area (Å²) in [6.07, 6.45) is 3.87. The highest BCUT2D eigenvalue weighted by atomic mass is 15.2. The molecule has 0 bridgehead atoms. The van der Waals surface area contributed by atoms with E-state index < -0.39 is 0 Å². The summed E-state index contributed by atoms with van der Waals surface area (Å²) in [7, 11) is 0. The van der Waals surface area contributed by atoms with Crippen molar-refractivity contribution < 1.29 is 0 Å². The third-order valence-electron chi connectivity index (χ3n) is 11.9. The van der Waals surface area contributed by atoms with Crippen molar-refractivity contribution in [1.82, 2.24) is 37.0 Å². The molecule has 6 aromatic heterocycles. The molecular weight excluding hydrogens is 737 g/mol. The van der Waals surface area contributed by atoms with Gasteiger partial charge in [-0.2, -0.15) is 0 Å². The number of benzene rings is 7. The van der Waals surface area contributed by atoms with Crippen molar-refractivity contribution in [3.05, 3.63) is 207 Å². The van der Waals surface area contributed by atoms with Crippen LogP contribution >= 0.6 is 0 Å². The Morgan fingerprint density at radius 2 is 0.650 bits per heavy atom. The highest BCUT2D eigenvalue weighted by Gasteiger charge is 2.24. The number of hydrogen-bond donors (Lipinski definition) is 0. The van der Waals surface area contributed by atoms with E-state index in [1.165, 1.54) is 0 Å². The Labute approximate surface area is 342 Å². The lowest BCUT2D eigenvalue weighted by atomic mass is 10.1. The largest absolute Gasteiger partial charge is 0.306 e. The zero-order valence-corrected chi connectivity index (χ0v) is 32.2. The van der Waals surface area contributed by atoms with Gasteiger partial charge in [0.25, 0.3) is 0 Å². The lowest BCUT2D eigenvalue weighted by Gasteiger charge is -2.26. The van der Waals surface area contributed by atoms with Gasteiger partial charge in [0, 0.05) is 28.9 Å². The molecule has 0 aliphatic rings. The molecule has 6 heterocycles. The Morgan fingerprint density at radius 3 is 1.13 bits per heavy atom. The zero-order valence-electron chi connectivity index (χ0n) is 32.2. The van der Waals surface area contributed by atoms with Gasteiger partial charge in [-0.3, -0.25) is 18.5 Å². The molecule has 0 saturated heterocycles. The number of rotatable bonds is 4. The van der Waals surface area contributed by atoms with E-state index in [-0.39, 0.29) is 0 Å². The van der Waals surface area contributed by atoms with Crippen molar-refractivity contribution in [3.8, 4) is 22.7 Å². The molecule has 7 aromatic carbocycles. The summed E-state index contributed by atoms with van der Waals surface area (Å²) in [5.74, 6) is 0. The molecule has 0 fully saturated rings. The summed E-state index contributed by atoms with van der Waals surface area (Å²) in [6, 6.07) is 68.9. The van der Waals surface area contributed by atoms with Crippen LogP contribution in [0.1, 0.15) is 0 Å². The van der Waals surface area contributed by atoms with Gasteiger partial charge >= 0.3 is 0 Å². The molecule has 0 aliphatic carbocycles. The summed E-state index contributed by atoms with van der Waals surface area (Å²) in [5, 5.41) is 0. The molecule has 13 rings (SSSR count). The fourth-order valence-corrected chi connectivity index (χ4v) is 9.55. The van der Waals surface area contributed by atoms with Crippen molar-refractivity contribution in [3.63, 3.8) is 0 Å². The van der Waals surface area contributed by atoms with E-state index >= 15 is 0 Å². The third kappa shape index (κ3) is 4.49. The molecule has 0 unspecified atom stereocenters. The molecule has 0 aliphatic heterocycles. The van der Waals surface area contributed by atoms with E-state index in [1.54, 1.807) is 0 Å². The molecule has 0 saturated carbocycles. The van der Waals surface area contributed by atoms with Crippen LogP contribution in [0.4, 0.5) is 0 Å². The van der Waals surface area contributed by atoms with Crippen LogP contribution in [0.3, 0.4) is 0 Å². The number of aromatic nitrogens is 8. The zero-order chi connectivity index (χ0) is 39.3. The first-order valence-electron chi connectivity index (χ1n) is 20.2. The smallest absolute Gasteiger partial charge is 0.164 e. The molecule has 13 aromatic rings. The van der Waals surface area contributed by atoms with E-state index in [0.29, 0.717) is 0 Å². The van der Waals surface area contributed by atoms with Crippen LogP contribution in [0, 0.1) is 0 Å². The van der Waals surface area contributed by atoms with Gasteiger partial charge in [-0.1, -0.05) is 97.1 Å². The third-order valence-corrected chi connectivity index (χ3v) is 11.9. The van der Waals surface area contributed by atoms with Gasteiger partial charge in [0.15, 0.2) is 11.3 Å². The van der Waals surface area contributed by atoms with Crippen LogP contribution in [0.5, 0.6) is 0 Å². The second kappa shape index (κ2) is 12.6. The maximum absolute atomic E-state index is 5.89. The molecule has 282 valence electrons. The van der Waals surface area contributed by atoms with Gasteiger partial charge in [-0.15, -0.1) is 0 Å². The molecule has 60 heavy (non-hydrogen) atoms. The Morgan fingerprint density at radius 1 is 0.283 bits per heavy atom. The first-order chi connectivity index (χ1) is 29.8. The Kier molecular flexibility index (Phi) is 6.85. The van der Waals surface area contributed by atoms with Crippen molar-refractivity contribution in [2.75, 3.05) is 0 Å². The minimum atomic E-state index is 0.823. The van der Waals surface area contributed by atoms with Crippen LogP contribution in [-0.4, -0.2) is 37.0 Å². The number of fused-ring (bicyclic) bond motifs is 8. The average Bonchev–Trinajstić information content (AvgIpc) is 3.32. The maximum Gasteiger partial charge on any atom is 0.164 e. The van der Waals surface area contributed by atoms with Gasteiger partial charge in [-0.25, -0.2) is 4.98 Å². The fourth-order valence-electron chi connectivity index (χ4n) is 9.55. The molecule has 8 nitrogen and oxygen atoms in total.